The molecule has 5 aromatic rings. The number of hydrogen-bond donors (Lipinski definition) is 3. The fourth-order valence-corrected chi connectivity index (χ4v) is 5.52. The minimum Gasteiger partial charge on any atom is -0.383 e. The maximum atomic E-state index is 13.9. The van der Waals surface area contributed by atoms with E-state index in [1.54, 1.807) is 6.07 Å². The first-order chi connectivity index (χ1) is 21.5. The van der Waals surface area contributed by atoms with Crippen LogP contribution in [0, 0.1) is 16.7 Å². The predicted molar refractivity (Wildman–Crippen MR) is 159 cm³/mol. The molecule has 0 unspecified atom stereocenters. The molecule has 3 aromatic heterocycles. The average molecular weight is 662 g/mol. The third-order valence-electron chi connectivity index (χ3n) is 7.77. The summed E-state index contributed by atoms with van der Waals surface area (Å²) in [5, 5.41) is 24.8. The molecule has 0 spiro atoms. The van der Waals surface area contributed by atoms with E-state index in [1.807, 2.05) is 20.8 Å². The van der Waals surface area contributed by atoms with Crippen molar-refractivity contribution in [2.45, 2.75) is 57.5 Å². The van der Waals surface area contributed by atoms with Crippen LogP contribution >= 0.6 is 11.6 Å². The number of benzene rings is 2. The number of fused-ring (bicyclic) bond motifs is 2. The molecule has 0 saturated heterocycles. The van der Waals surface area contributed by atoms with E-state index >= 15 is 0 Å². The Morgan fingerprint density at radius 1 is 1.11 bits per heavy atom. The number of nitrogens with zero attached hydrogens (tertiary/aromatic N) is 6. The number of halogens is 7. The van der Waals surface area contributed by atoms with Crippen molar-refractivity contribution in [1.29, 1.82) is 5.26 Å². The lowest BCUT2D eigenvalue weighted by Crippen LogP contribution is -2.35. The average Bonchev–Trinajstić information content (AvgIpc) is 3.43. The van der Waals surface area contributed by atoms with E-state index in [0.29, 0.717) is 28.8 Å². The molecule has 1 fully saturated rings. The molecule has 1 atom stereocenters. The number of aromatic nitrogens is 6. The summed E-state index contributed by atoms with van der Waals surface area (Å²) in [6.07, 6.45) is -7.18. The third-order valence-corrected chi connectivity index (χ3v) is 8.06. The van der Waals surface area contributed by atoms with Gasteiger partial charge >= 0.3 is 12.4 Å². The van der Waals surface area contributed by atoms with Crippen LogP contribution in [-0.2, 0) is 11.7 Å². The molecule has 0 aliphatic heterocycles. The molecule has 2 aromatic carbocycles. The highest BCUT2D eigenvalue weighted by atomic mass is 35.5. The zero-order valence-electron chi connectivity index (χ0n) is 24.6. The van der Waals surface area contributed by atoms with Crippen molar-refractivity contribution >= 4 is 44.9 Å². The molecule has 3 N–H and O–H groups in total. The van der Waals surface area contributed by atoms with E-state index < -0.39 is 29.8 Å². The van der Waals surface area contributed by atoms with Crippen molar-refractivity contribution in [3.8, 4) is 6.07 Å². The minimum absolute atomic E-state index is 0.00536. The Bertz CT molecular complexity index is 1990. The van der Waals surface area contributed by atoms with E-state index in [4.69, 9.17) is 11.6 Å². The van der Waals surface area contributed by atoms with Gasteiger partial charge in [0.15, 0.2) is 5.54 Å². The van der Waals surface area contributed by atoms with Crippen LogP contribution in [-0.4, -0.2) is 42.7 Å². The Labute approximate surface area is 263 Å². The van der Waals surface area contributed by atoms with Gasteiger partial charge in [-0.1, -0.05) is 49.7 Å². The molecule has 6 rings (SSSR count). The van der Waals surface area contributed by atoms with Crippen LogP contribution < -0.4 is 10.6 Å². The lowest BCUT2D eigenvalue weighted by Gasteiger charge is -2.22. The van der Waals surface area contributed by atoms with Gasteiger partial charge in [0.1, 0.15) is 11.8 Å². The molecule has 9 nitrogen and oxygen atoms in total. The van der Waals surface area contributed by atoms with Gasteiger partial charge in [0.25, 0.3) is 0 Å². The zero-order valence-corrected chi connectivity index (χ0v) is 25.3. The first kappa shape index (κ1) is 31.4. The Kier molecular flexibility index (Phi) is 7.34. The van der Waals surface area contributed by atoms with Crippen LogP contribution in [0.3, 0.4) is 0 Å². The van der Waals surface area contributed by atoms with Crippen LogP contribution in [0.2, 0.25) is 5.02 Å². The number of H-pyrrole nitrogens is 1. The van der Waals surface area contributed by atoms with Gasteiger partial charge in [0, 0.05) is 29.4 Å². The maximum absolute atomic E-state index is 13.9. The zero-order chi connectivity index (χ0) is 33.2. The van der Waals surface area contributed by atoms with E-state index in [-0.39, 0.29) is 51.1 Å². The van der Waals surface area contributed by atoms with Gasteiger partial charge in [-0.3, -0.25) is 4.98 Å². The van der Waals surface area contributed by atoms with Gasteiger partial charge < -0.3 is 15.6 Å². The number of aromatic amines is 1. The number of nitrogens with one attached hydrogen (secondary N) is 3. The molecular weight excluding hydrogens is 636 g/mol. The van der Waals surface area contributed by atoms with Crippen molar-refractivity contribution in [3.63, 3.8) is 0 Å². The summed E-state index contributed by atoms with van der Waals surface area (Å²) < 4.78 is 83.4. The Morgan fingerprint density at radius 2 is 1.85 bits per heavy atom. The van der Waals surface area contributed by atoms with Crippen LogP contribution in [0.5, 0.6) is 0 Å². The summed E-state index contributed by atoms with van der Waals surface area (Å²) in [5.74, 6) is -1.23. The fraction of sp³-hybridized carbons (Fsp3) is 0.367. The first-order valence-corrected chi connectivity index (χ1v) is 14.5. The SMILES string of the molecule is CC(C)(C)CNc1c(C#N)cnc2c(Cl)cc(N[C@H](c3cn(C4(C(F)(F)F)CC4)nn3)c3cccc4[nH]c(C(F)(F)F)nc34)cc12. The van der Waals surface area contributed by atoms with Crippen molar-refractivity contribution in [3.05, 3.63) is 70.4 Å². The molecular formula is C30H26ClF6N9. The number of anilines is 2. The minimum atomic E-state index is -4.78. The number of alkyl halides is 6. The third kappa shape index (κ3) is 5.66. The van der Waals surface area contributed by atoms with Gasteiger partial charge in [-0.25, -0.2) is 9.67 Å². The molecule has 0 bridgehead atoms. The Hall–Kier alpha value is -4.58. The number of rotatable bonds is 7. The highest BCUT2D eigenvalue weighted by Gasteiger charge is 2.66. The Balaban J connectivity index is 1.51. The smallest absolute Gasteiger partial charge is 0.383 e. The second-order valence-electron chi connectivity index (χ2n) is 12.4. The van der Waals surface area contributed by atoms with E-state index in [2.05, 4.69) is 42.0 Å². The van der Waals surface area contributed by atoms with Crippen molar-refractivity contribution in [1.82, 2.24) is 29.9 Å². The predicted octanol–water partition coefficient (Wildman–Crippen LogP) is 7.96. The van der Waals surface area contributed by atoms with Crippen LogP contribution in [0.25, 0.3) is 21.9 Å². The lowest BCUT2D eigenvalue weighted by atomic mass is 9.96. The summed E-state index contributed by atoms with van der Waals surface area (Å²) >= 11 is 6.65. The monoisotopic (exact) mass is 661 g/mol. The van der Waals surface area contributed by atoms with Crippen molar-refractivity contribution < 1.29 is 26.3 Å². The Morgan fingerprint density at radius 3 is 2.48 bits per heavy atom. The molecule has 46 heavy (non-hydrogen) atoms. The molecule has 0 amide bonds. The van der Waals surface area contributed by atoms with Gasteiger partial charge in [-0.05, 0) is 36.5 Å². The summed E-state index contributed by atoms with van der Waals surface area (Å²) in [5.41, 5.74) is -0.727. The number of para-hydroxylation sites is 1. The maximum Gasteiger partial charge on any atom is 0.449 e. The number of imidazole rings is 1. The standard InChI is InChI=1S/C30H26ClF6N9/c1-27(2,3)14-40-22-15(11-38)12-39-23-18(22)9-16(10-19(23)31)41-25(21-13-46(45-44-21)28(7-8-28)30(35,36)37)17-5-4-6-20-24(17)43-26(42-20)29(32,33)34/h4-6,9-10,12-13,25,41H,7-8,14H2,1-3H3,(H,39,40)(H,42,43)/t25-/m0/s1. The highest BCUT2D eigenvalue weighted by Crippen LogP contribution is 2.55. The highest BCUT2D eigenvalue weighted by molar-refractivity contribution is 6.35. The fourth-order valence-electron chi connectivity index (χ4n) is 5.25. The summed E-state index contributed by atoms with van der Waals surface area (Å²) in [6.45, 7) is 6.53. The summed E-state index contributed by atoms with van der Waals surface area (Å²) in [4.78, 5) is 10.4. The summed E-state index contributed by atoms with van der Waals surface area (Å²) in [7, 11) is 0. The van der Waals surface area contributed by atoms with Gasteiger partial charge in [0.2, 0.25) is 5.82 Å². The van der Waals surface area contributed by atoms with E-state index in [9.17, 15) is 31.6 Å². The largest absolute Gasteiger partial charge is 0.449 e. The molecule has 1 aliphatic carbocycles. The summed E-state index contributed by atoms with van der Waals surface area (Å²) in [6, 6.07) is 8.59. The number of hydrogen-bond acceptors (Lipinski definition) is 7. The molecule has 240 valence electrons. The van der Waals surface area contributed by atoms with E-state index in [0.717, 1.165) is 10.9 Å². The topological polar surface area (TPSA) is 120 Å². The molecule has 16 heteroatoms. The molecule has 0 radical (unpaired) electrons. The van der Waals surface area contributed by atoms with E-state index in [1.165, 1.54) is 30.5 Å². The normalized spacial score (nSPS) is 15.6. The molecule has 1 saturated carbocycles. The second-order valence-corrected chi connectivity index (χ2v) is 12.9. The van der Waals surface area contributed by atoms with Crippen molar-refractivity contribution in [2.24, 2.45) is 5.41 Å². The lowest BCUT2D eigenvalue weighted by molar-refractivity contribution is -0.183. The van der Waals surface area contributed by atoms with Crippen LogP contribution in [0.4, 0.5) is 37.7 Å². The second kappa shape index (κ2) is 10.8. The number of pyridine rings is 1. The van der Waals surface area contributed by atoms with Crippen LogP contribution in [0.15, 0.2) is 42.7 Å². The number of nitriles is 1. The molecule has 3 heterocycles. The van der Waals surface area contributed by atoms with Gasteiger partial charge in [-0.2, -0.15) is 31.6 Å². The van der Waals surface area contributed by atoms with Crippen LogP contribution in [0.1, 0.15) is 62.3 Å². The van der Waals surface area contributed by atoms with Gasteiger partial charge in [-0.15, -0.1) is 5.10 Å². The quantitative estimate of drug-likeness (QED) is 0.151. The van der Waals surface area contributed by atoms with Gasteiger partial charge in [0.05, 0.1) is 45.1 Å². The molecule has 1 aliphatic rings. The van der Waals surface area contributed by atoms with Crippen molar-refractivity contribution in [2.75, 3.05) is 17.2 Å². The first-order valence-electron chi connectivity index (χ1n) is 14.1.